The number of para-hydroxylation sites is 1. The van der Waals surface area contributed by atoms with E-state index in [-0.39, 0.29) is 5.56 Å². The molecule has 5 aromatic rings. The molecule has 1 N–H and O–H groups in total. The van der Waals surface area contributed by atoms with Gasteiger partial charge in [0.25, 0.3) is 5.56 Å². The minimum Gasteiger partial charge on any atom is -0.339 e. The topological polar surface area (TPSA) is 51.3 Å². The van der Waals surface area contributed by atoms with Crippen LogP contribution in [0.25, 0.3) is 5.69 Å². The molecule has 0 bridgehead atoms. The van der Waals surface area contributed by atoms with Crippen molar-refractivity contribution < 1.29 is 0 Å². The van der Waals surface area contributed by atoms with Crippen molar-refractivity contribution in [2.24, 2.45) is 11.8 Å². The smallest absolute Gasteiger partial charge is 0.295 e. The Kier molecular flexibility index (Phi) is 6.82. The van der Waals surface area contributed by atoms with Crippen LogP contribution in [0, 0.1) is 6.92 Å². The lowest BCUT2D eigenvalue weighted by atomic mass is 10.3. The summed E-state index contributed by atoms with van der Waals surface area (Å²) in [5, 5.41) is 5.80. The van der Waals surface area contributed by atoms with Crippen molar-refractivity contribution in [1.82, 2.24) is 9.36 Å². The van der Waals surface area contributed by atoms with Crippen LogP contribution in [0.3, 0.4) is 0 Å². The van der Waals surface area contributed by atoms with Gasteiger partial charge in [-0.1, -0.05) is 94.8 Å². The number of hydrogen-bond donors (Lipinski definition) is 1. The number of rotatable bonds is 6. The zero-order valence-electron chi connectivity index (χ0n) is 20.0. The third-order valence-electron chi connectivity index (χ3n) is 6.18. The van der Waals surface area contributed by atoms with Crippen LogP contribution < -0.4 is 21.3 Å². The largest absolute Gasteiger partial charge is 0.339 e. The summed E-state index contributed by atoms with van der Waals surface area (Å²) in [7, 11) is -0.770. The van der Waals surface area contributed by atoms with Crippen LogP contribution in [0.15, 0.2) is 129 Å². The molecule has 7 heteroatoms. The lowest BCUT2D eigenvalue weighted by Crippen LogP contribution is -2.25. The van der Waals surface area contributed by atoms with Crippen LogP contribution in [0.1, 0.15) is 5.69 Å². The van der Waals surface area contributed by atoms with E-state index in [1.165, 1.54) is 0 Å². The molecule has 1 aromatic heterocycles. The molecule has 4 aromatic carbocycles. The Bertz CT molecular complexity index is 1550. The second-order valence-corrected chi connectivity index (χ2v) is 12.1. The number of aromatic nitrogens is 2. The van der Waals surface area contributed by atoms with Crippen molar-refractivity contribution in [3.05, 3.63) is 136 Å². The summed E-state index contributed by atoms with van der Waals surface area (Å²) in [6.45, 7) is 1.97. The van der Waals surface area contributed by atoms with E-state index < -0.39 is 7.21 Å². The molecule has 5 nitrogen and oxygen atoms in total. The summed E-state index contributed by atoms with van der Waals surface area (Å²) in [6.07, 6.45) is 0. The van der Waals surface area contributed by atoms with Gasteiger partial charge in [0.05, 0.1) is 17.1 Å². The van der Waals surface area contributed by atoms with Crippen LogP contribution in [0.5, 0.6) is 0 Å². The molecule has 0 radical (unpaired) electrons. The summed E-state index contributed by atoms with van der Waals surface area (Å²) < 4.78 is 9.96. The summed E-state index contributed by atoms with van der Waals surface area (Å²) in [5.41, 5.74) is 2.93. The van der Waals surface area contributed by atoms with Gasteiger partial charge in [-0.3, -0.25) is 9.48 Å². The molecule has 0 atom stereocenters. The first-order valence-electron chi connectivity index (χ1n) is 11.6. The second-order valence-electron chi connectivity index (χ2n) is 8.43. The average Bonchev–Trinajstić information content (AvgIpc) is 3.13. The van der Waals surface area contributed by atoms with E-state index >= 15 is 0 Å². The highest BCUT2D eigenvalue weighted by Gasteiger charge is 2.29. The van der Waals surface area contributed by atoms with Gasteiger partial charge in [0.1, 0.15) is 12.9 Å². The van der Waals surface area contributed by atoms with E-state index in [9.17, 15) is 4.79 Å². The van der Waals surface area contributed by atoms with E-state index in [0.717, 1.165) is 32.2 Å². The predicted molar refractivity (Wildman–Crippen MR) is 155 cm³/mol. The van der Waals surface area contributed by atoms with Gasteiger partial charge in [0.2, 0.25) is 0 Å². The summed E-state index contributed by atoms with van der Waals surface area (Å²) in [6, 6.07) is 38.1. The first-order valence-corrected chi connectivity index (χ1v) is 14.1. The fourth-order valence-electron chi connectivity index (χ4n) is 4.25. The van der Waals surface area contributed by atoms with Crippen LogP contribution in [-0.2, 0) is 7.05 Å². The van der Waals surface area contributed by atoms with E-state index in [4.69, 9.17) is 4.74 Å². The predicted octanol–water partition coefficient (Wildman–Crippen LogP) is 6.76. The van der Waals surface area contributed by atoms with E-state index in [1.807, 2.05) is 110 Å². The van der Waals surface area contributed by atoms with Gasteiger partial charge in [0, 0.05) is 22.1 Å². The van der Waals surface area contributed by atoms with Crippen molar-refractivity contribution in [3.63, 3.8) is 0 Å². The molecule has 5 rings (SSSR count). The normalized spacial score (nSPS) is 11.3. The molecule has 180 valence electrons. The SMILES string of the molecule is Cc1c(NP(=Nc2ccc(Br)cc2)(c2ccccc2)c2ccccc2)c(=O)n(-c2ccccc2)n1C. The molecule has 0 spiro atoms. The molecule has 0 amide bonds. The Hall–Kier alpha value is -3.60. The highest BCUT2D eigenvalue weighted by atomic mass is 79.9. The lowest BCUT2D eigenvalue weighted by molar-refractivity contribution is 0.630. The Morgan fingerprint density at radius 1 is 0.750 bits per heavy atom. The van der Waals surface area contributed by atoms with Crippen molar-refractivity contribution in [2.75, 3.05) is 5.09 Å². The first-order chi connectivity index (χ1) is 17.5. The summed E-state index contributed by atoms with van der Waals surface area (Å²) in [5.74, 6) is 0. The maximum Gasteiger partial charge on any atom is 0.295 e. The monoisotopic (exact) mass is 556 g/mol. The zero-order chi connectivity index (χ0) is 25.1. The number of anilines is 1. The number of nitrogens with one attached hydrogen (secondary N) is 1. The van der Waals surface area contributed by atoms with Gasteiger partial charge in [-0.05, 0) is 43.3 Å². The maximum absolute atomic E-state index is 13.9. The van der Waals surface area contributed by atoms with Gasteiger partial charge in [0.15, 0.2) is 0 Å². The first kappa shape index (κ1) is 24.1. The van der Waals surface area contributed by atoms with Gasteiger partial charge in [-0.15, -0.1) is 0 Å². The third kappa shape index (κ3) is 4.50. The third-order valence-corrected chi connectivity index (χ3v) is 9.88. The molecule has 0 aliphatic carbocycles. The van der Waals surface area contributed by atoms with Gasteiger partial charge in [-0.25, -0.2) is 9.43 Å². The fraction of sp³-hybridized carbons (Fsp3) is 0.0690. The van der Waals surface area contributed by atoms with Crippen molar-refractivity contribution in [2.45, 2.75) is 6.92 Å². The maximum atomic E-state index is 13.9. The number of nitrogens with zero attached hydrogens (tertiary/aromatic N) is 3. The molecule has 0 aliphatic heterocycles. The van der Waals surface area contributed by atoms with Crippen LogP contribution >= 0.6 is 23.1 Å². The molecule has 0 aliphatic rings. The highest BCUT2D eigenvalue weighted by Crippen LogP contribution is 2.50. The standard InChI is InChI=1S/C29H26BrN4OP/c1-22-28(29(35)34(33(22)2)25-12-6-3-7-13-25)32-36(26-14-8-4-9-15-26,27-16-10-5-11-17-27)31-24-20-18-23(30)19-21-24/h3-21,32H,1-2H3. The van der Waals surface area contributed by atoms with Gasteiger partial charge in [-0.2, -0.15) is 0 Å². The number of halogens is 1. The van der Waals surface area contributed by atoms with Gasteiger partial charge >= 0.3 is 0 Å². The molecule has 0 unspecified atom stereocenters. The van der Waals surface area contributed by atoms with Gasteiger partial charge < -0.3 is 5.09 Å². The fourth-order valence-corrected chi connectivity index (χ4v) is 7.62. The lowest BCUT2D eigenvalue weighted by Gasteiger charge is -2.27. The Morgan fingerprint density at radius 2 is 1.25 bits per heavy atom. The Labute approximate surface area is 219 Å². The molecule has 0 fully saturated rings. The average molecular weight is 557 g/mol. The van der Waals surface area contributed by atoms with E-state index in [1.54, 1.807) is 4.68 Å². The minimum absolute atomic E-state index is 0.108. The zero-order valence-corrected chi connectivity index (χ0v) is 22.5. The Morgan fingerprint density at radius 3 is 1.78 bits per heavy atom. The van der Waals surface area contributed by atoms with Crippen LogP contribution in [0.2, 0.25) is 0 Å². The van der Waals surface area contributed by atoms with Crippen LogP contribution in [-0.4, -0.2) is 9.36 Å². The van der Waals surface area contributed by atoms with Crippen molar-refractivity contribution >= 4 is 45.1 Å². The molecule has 0 saturated heterocycles. The molecule has 1 heterocycles. The molecule has 36 heavy (non-hydrogen) atoms. The minimum atomic E-state index is -2.68. The van der Waals surface area contributed by atoms with E-state index in [2.05, 4.69) is 45.3 Å². The van der Waals surface area contributed by atoms with E-state index in [0.29, 0.717) is 5.69 Å². The summed E-state index contributed by atoms with van der Waals surface area (Å²) in [4.78, 5) is 13.9. The highest BCUT2D eigenvalue weighted by molar-refractivity contribution is 9.10. The quantitative estimate of drug-likeness (QED) is 0.235. The second kappa shape index (κ2) is 10.2. The van der Waals surface area contributed by atoms with Crippen LogP contribution in [0.4, 0.5) is 11.4 Å². The van der Waals surface area contributed by atoms with Crippen molar-refractivity contribution in [3.8, 4) is 5.69 Å². The molecular weight excluding hydrogens is 531 g/mol. The number of hydrogen-bond acceptors (Lipinski definition) is 2. The van der Waals surface area contributed by atoms with Crippen molar-refractivity contribution in [1.29, 1.82) is 0 Å². The molecule has 0 saturated carbocycles. The Balaban J connectivity index is 1.81. The molecular formula is C29H26BrN4OP. The number of benzene rings is 4. The summed E-state index contributed by atoms with van der Waals surface area (Å²) >= 11 is 3.53.